The Kier molecular flexibility index (Phi) is 7.21. The lowest BCUT2D eigenvalue weighted by Crippen LogP contribution is -2.62. The Morgan fingerprint density at radius 3 is 1.59 bits per heavy atom. The van der Waals surface area contributed by atoms with Crippen LogP contribution in [0.25, 0.3) is 0 Å². The van der Waals surface area contributed by atoms with Crippen LogP contribution in [-0.2, 0) is 0 Å². The van der Waals surface area contributed by atoms with Crippen molar-refractivity contribution in [3.8, 4) is 0 Å². The molecule has 2 nitrogen and oxygen atoms in total. The highest BCUT2D eigenvalue weighted by molar-refractivity contribution is 4.90. The van der Waals surface area contributed by atoms with E-state index in [2.05, 4.69) is 44.6 Å². The third-order valence-electron chi connectivity index (χ3n) is 6.62. The van der Waals surface area contributed by atoms with E-state index in [9.17, 15) is 0 Å². The highest BCUT2D eigenvalue weighted by Crippen LogP contribution is 2.38. The lowest BCUT2D eigenvalue weighted by Gasteiger charge is -2.54. The fraction of sp³-hybridized carbons (Fsp3) is 1.00. The summed E-state index contributed by atoms with van der Waals surface area (Å²) in [6.07, 6.45) is 12.4. The van der Waals surface area contributed by atoms with E-state index in [0.717, 1.165) is 30.0 Å². The van der Waals surface area contributed by atoms with Crippen LogP contribution in [0.2, 0.25) is 0 Å². The first-order chi connectivity index (χ1) is 10.7. The van der Waals surface area contributed by atoms with Crippen molar-refractivity contribution < 1.29 is 0 Å². The van der Waals surface area contributed by atoms with E-state index in [4.69, 9.17) is 0 Å². The summed E-state index contributed by atoms with van der Waals surface area (Å²) in [6, 6.07) is 2.37. The van der Waals surface area contributed by atoms with Gasteiger partial charge < -0.3 is 0 Å². The zero-order valence-corrected chi connectivity index (χ0v) is 15.9. The van der Waals surface area contributed by atoms with Gasteiger partial charge in [0.05, 0.1) is 0 Å². The Bertz CT molecular complexity index is 303. The molecule has 2 heterocycles. The van der Waals surface area contributed by atoms with E-state index in [1.165, 1.54) is 64.3 Å². The SMILES string of the molecule is CCC1CCN(N2C(CC)CC(CC)CC2CC)C(CC)C1. The van der Waals surface area contributed by atoms with E-state index >= 15 is 0 Å². The molecule has 2 aliphatic heterocycles. The molecule has 2 aliphatic rings. The quantitative estimate of drug-likeness (QED) is 0.641. The van der Waals surface area contributed by atoms with Gasteiger partial charge in [-0.25, -0.2) is 10.0 Å². The summed E-state index contributed by atoms with van der Waals surface area (Å²) >= 11 is 0. The van der Waals surface area contributed by atoms with Gasteiger partial charge in [0.25, 0.3) is 0 Å². The highest BCUT2D eigenvalue weighted by Gasteiger charge is 2.40. The Hall–Kier alpha value is -0.0800. The van der Waals surface area contributed by atoms with Crippen LogP contribution in [-0.4, -0.2) is 34.7 Å². The van der Waals surface area contributed by atoms with Crippen LogP contribution in [0.15, 0.2) is 0 Å². The summed E-state index contributed by atoms with van der Waals surface area (Å²) in [6.45, 7) is 13.3. The molecule has 130 valence electrons. The van der Waals surface area contributed by atoms with Gasteiger partial charge in [0.15, 0.2) is 0 Å². The van der Waals surface area contributed by atoms with Gasteiger partial charge in [-0.05, 0) is 56.8 Å². The highest BCUT2D eigenvalue weighted by atomic mass is 15.7. The molecule has 0 aromatic carbocycles. The number of hydrogen-bond donors (Lipinski definition) is 0. The molecule has 0 spiro atoms. The topological polar surface area (TPSA) is 6.48 Å². The number of hydrazine groups is 1. The second-order valence-electron chi connectivity index (χ2n) is 7.77. The Labute approximate surface area is 139 Å². The molecule has 0 aliphatic carbocycles. The zero-order valence-electron chi connectivity index (χ0n) is 15.9. The molecule has 4 atom stereocenters. The summed E-state index contributed by atoms with van der Waals surface area (Å²) in [5.41, 5.74) is 0. The number of hydrogen-bond acceptors (Lipinski definition) is 2. The van der Waals surface area contributed by atoms with Crippen molar-refractivity contribution in [2.75, 3.05) is 6.54 Å². The molecule has 0 saturated carbocycles. The number of rotatable bonds is 6. The standard InChI is InChI=1S/C20H40N2/c1-6-16-11-12-21(18(8-3)13-16)22-19(9-4)14-17(7-2)15-20(22)10-5/h16-20H,6-15H2,1-5H3. The van der Waals surface area contributed by atoms with Crippen molar-refractivity contribution in [1.29, 1.82) is 0 Å². The third-order valence-corrected chi connectivity index (χ3v) is 6.62. The van der Waals surface area contributed by atoms with Crippen molar-refractivity contribution >= 4 is 0 Å². The van der Waals surface area contributed by atoms with E-state index in [0.29, 0.717) is 0 Å². The van der Waals surface area contributed by atoms with Crippen molar-refractivity contribution in [3.63, 3.8) is 0 Å². The summed E-state index contributed by atoms with van der Waals surface area (Å²) in [5.74, 6) is 1.92. The molecule has 0 aromatic rings. The monoisotopic (exact) mass is 308 g/mol. The van der Waals surface area contributed by atoms with Gasteiger partial charge in [0.1, 0.15) is 0 Å². The molecule has 2 heteroatoms. The first kappa shape index (κ1) is 18.3. The van der Waals surface area contributed by atoms with Crippen LogP contribution in [0.1, 0.15) is 92.4 Å². The van der Waals surface area contributed by atoms with Crippen LogP contribution in [0.3, 0.4) is 0 Å². The first-order valence-corrected chi connectivity index (χ1v) is 10.2. The maximum absolute atomic E-state index is 2.88. The van der Waals surface area contributed by atoms with Crippen LogP contribution in [0.4, 0.5) is 0 Å². The van der Waals surface area contributed by atoms with Crippen molar-refractivity contribution in [2.24, 2.45) is 11.8 Å². The average Bonchev–Trinajstić information content (AvgIpc) is 2.59. The zero-order chi connectivity index (χ0) is 16.1. The van der Waals surface area contributed by atoms with Gasteiger partial charge >= 0.3 is 0 Å². The first-order valence-electron chi connectivity index (χ1n) is 10.2. The van der Waals surface area contributed by atoms with Crippen molar-refractivity contribution in [2.45, 2.75) is 111 Å². The Morgan fingerprint density at radius 1 is 0.636 bits per heavy atom. The smallest absolute Gasteiger partial charge is 0.0249 e. The lowest BCUT2D eigenvalue weighted by molar-refractivity contribution is -0.167. The van der Waals surface area contributed by atoms with Crippen LogP contribution in [0, 0.1) is 11.8 Å². The molecule has 0 bridgehead atoms. The molecule has 2 saturated heterocycles. The number of piperidine rings is 2. The molecule has 2 fully saturated rings. The van der Waals surface area contributed by atoms with E-state index in [-0.39, 0.29) is 0 Å². The van der Waals surface area contributed by atoms with Gasteiger partial charge in [-0.15, -0.1) is 0 Å². The maximum Gasteiger partial charge on any atom is 0.0249 e. The van der Waals surface area contributed by atoms with Gasteiger partial charge in [0, 0.05) is 24.7 Å². The molecule has 0 radical (unpaired) electrons. The van der Waals surface area contributed by atoms with E-state index in [1.54, 1.807) is 0 Å². The van der Waals surface area contributed by atoms with Crippen LogP contribution >= 0.6 is 0 Å². The summed E-state index contributed by atoms with van der Waals surface area (Å²) in [7, 11) is 0. The second kappa shape index (κ2) is 8.68. The number of nitrogens with zero attached hydrogens (tertiary/aromatic N) is 2. The van der Waals surface area contributed by atoms with Gasteiger partial charge in [-0.1, -0.05) is 47.5 Å². The average molecular weight is 309 g/mol. The van der Waals surface area contributed by atoms with Gasteiger partial charge in [-0.3, -0.25) is 0 Å². The maximum atomic E-state index is 2.88. The minimum atomic E-state index is 0.788. The van der Waals surface area contributed by atoms with Crippen molar-refractivity contribution in [3.05, 3.63) is 0 Å². The van der Waals surface area contributed by atoms with Gasteiger partial charge in [0.2, 0.25) is 0 Å². The summed E-state index contributed by atoms with van der Waals surface area (Å²) in [5, 5.41) is 5.71. The molecule has 2 rings (SSSR count). The van der Waals surface area contributed by atoms with Crippen LogP contribution in [0.5, 0.6) is 0 Å². The predicted molar refractivity (Wildman–Crippen MR) is 96.8 cm³/mol. The van der Waals surface area contributed by atoms with Crippen molar-refractivity contribution in [1.82, 2.24) is 10.0 Å². The minimum absolute atomic E-state index is 0.788. The Balaban J connectivity index is 2.15. The summed E-state index contributed by atoms with van der Waals surface area (Å²) in [4.78, 5) is 0. The molecule has 0 aromatic heterocycles. The largest absolute Gasteiger partial charge is 0.238 e. The fourth-order valence-electron chi connectivity index (χ4n) is 5.01. The molecule has 4 unspecified atom stereocenters. The van der Waals surface area contributed by atoms with Gasteiger partial charge in [-0.2, -0.15) is 0 Å². The van der Waals surface area contributed by atoms with E-state index < -0.39 is 0 Å². The Morgan fingerprint density at radius 2 is 1.14 bits per heavy atom. The fourth-order valence-corrected chi connectivity index (χ4v) is 5.01. The van der Waals surface area contributed by atoms with E-state index in [1.807, 2.05) is 0 Å². The summed E-state index contributed by atoms with van der Waals surface area (Å²) < 4.78 is 0. The lowest BCUT2D eigenvalue weighted by atomic mass is 9.82. The minimum Gasteiger partial charge on any atom is -0.238 e. The predicted octanol–water partition coefficient (Wildman–Crippen LogP) is 5.48. The molecular formula is C20H40N2. The molecule has 0 amide bonds. The normalized spacial score (nSPS) is 38.3. The third kappa shape index (κ3) is 3.87. The van der Waals surface area contributed by atoms with Crippen LogP contribution < -0.4 is 0 Å². The second-order valence-corrected chi connectivity index (χ2v) is 7.77. The molecule has 22 heavy (non-hydrogen) atoms. The molecular weight excluding hydrogens is 268 g/mol. The molecule has 0 N–H and O–H groups in total.